The van der Waals surface area contributed by atoms with Crippen molar-refractivity contribution in [2.45, 2.75) is 0 Å². The molecule has 0 atom stereocenters. The fourth-order valence-corrected chi connectivity index (χ4v) is 1.81. The minimum absolute atomic E-state index is 0.619. The van der Waals surface area contributed by atoms with Gasteiger partial charge in [-0.2, -0.15) is 5.26 Å². The lowest BCUT2D eigenvalue weighted by atomic mass is 10.1. The molecule has 1 heterocycles. The topological polar surface area (TPSA) is 45.9 Å². The van der Waals surface area contributed by atoms with Gasteiger partial charge in [-0.05, 0) is 40.2 Å². The van der Waals surface area contributed by atoms with Crippen LogP contribution in [0.5, 0.6) is 5.75 Å². The van der Waals surface area contributed by atoms with Crippen molar-refractivity contribution in [2.24, 2.45) is 0 Å². The third-order valence-corrected chi connectivity index (χ3v) is 2.65. The molecule has 0 amide bonds. The van der Waals surface area contributed by atoms with Crippen LogP contribution in [-0.2, 0) is 0 Å². The second kappa shape index (κ2) is 3.87. The van der Waals surface area contributed by atoms with Crippen molar-refractivity contribution >= 4 is 26.8 Å². The zero-order chi connectivity index (χ0) is 10.8. The molecule has 0 saturated heterocycles. The predicted octanol–water partition coefficient (Wildman–Crippen LogP) is 2.88. The van der Waals surface area contributed by atoms with E-state index in [2.05, 4.69) is 27.0 Å². The number of methoxy groups -OCH3 is 1. The Morgan fingerprint density at radius 2 is 2.20 bits per heavy atom. The van der Waals surface area contributed by atoms with Gasteiger partial charge in [0.25, 0.3) is 0 Å². The highest BCUT2D eigenvalue weighted by atomic mass is 79.9. The molecule has 0 bridgehead atoms. The summed E-state index contributed by atoms with van der Waals surface area (Å²) in [6.07, 6.45) is 0. The average molecular weight is 263 g/mol. The third-order valence-electron chi connectivity index (χ3n) is 2.09. The van der Waals surface area contributed by atoms with E-state index >= 15 is 0 Å². The maximum atomic E-state index is 8.77. The highest BCUT2D eigenvalue weighted by Crippen LogP contribution is 2.27. The lowest BCUT2D eigenvalue weighted by molar-refractivity contribution is 0.410. The first-order valence-corrected chi connectivity index (χ1v) is 5.08. The molecule has 0 aliphatic heterocycles. The van der Waals surface area contributed by atoms with Gasteiger partial charge >= 0.3 is 0 Å². The number of aromatic nitrogens is 1. The van der Waals surface area contributed by atoms with Crippen molar-refractivity contribution in [1.29, 1.82) is 5.26 Å². The number of fused-ring (bicyclic) bond motifs is 1. The van der Waals surface area contributed by atoms with Crippen LogP contribution in [0.2, 0.25) is 0 Å². The number of hydrogen-bond donors (Lipinski definition) is 0. The van der Waals surface area contributed by atoms with Gasteiger partial charge in [0, 0.05) is 5.39 Å². The summed E-state index contributed by atoms with van der Waals surface area (Å²) in [5.41, 5.74) is 1.45. The van der Waals surface area contributed by atoms with Gasteiger partial charge in [0.05, 0.1) is 24.3 Å². The number of nitriles is 1. The summed E-state index contributed by atoms with van der Waals surface area (Å²) in [5.74, 6) is 0.664. The second-order valence-corrected chi connectivity index (χ2v) is 3.75. The molecule has 0 spiro atoms. The summed E-state index contributed by atoms with van der Waals surface area (Å²) in [4.78, 5) is 4.30. The summed E-state index contributed by atoms with van der Waals surface area (Å²) in [6, 6.07) is 9.30. The Morgan fingerprint density at radius 1 is 1.40 bits per heavy atom. The van der Waals surface area contributed by atoms with Crippen LogP contribution >= 0.6 is 15.9 Å². The normalized spacial score (nSPS) is 9.93. The Kier molecular flexibility index (Phi) is 2.57. The molecule has 1 aromatic heterocycles. The molecule has 0 aliphatic rings. The Morgan fingerprint density at radius 3 is 2.87 bits per heavy atom. The molecule has 74 valence electrons. The molecule has 2 aromatic rings. The first-order chi connectivity index (χ1) is 7.24. The summed E-state index contributed by atoms with van der Waals surface area (Å²) in [5, 5.41) is 9.66. The molecular formula is C11H7BrN2O. The van der Waals surface area contributed by atoms with Gasteiger partial charge < -0.3 is 4.74 Å². The van der Waals surface area contributed by atoms with E-state index in [1.807, 2.05) is 12.1 Å². The van der Waals surface area contributed by atoms with Gasteiger partial charge in [0.1, 0.15) is 4.60 Å². The van der Waals surface area contributed by atoms with Crippen molar-refractivity contribution in [3.05, 3.63) is 34.4 Å². The number of nitrogens with zero attached hydrogens (tertiary/aromatic N) is 2. The third kappa shape index (κ3) is 1.79. The Labute approximate surface area is 95.4 Å². The molecule has 0 fully saturated rings. The summed E-state index contributed by atoms with van der Waals surface area (Å²) < 4.78 is 5.80. The molecule has 0 radical (unpaired) electrons. The highest BCUT2D eigenvalue weighted by Gasteiger charge is 2.04. The number of rotatable bonds is 1. The van der Waals surface area contributed by atoms with Crippen molar-refractivity contribution in [3.8, 4) is 11.8 Å². The molecule has 0 saturated carbocycles. The number of pyridine rings is 1. The fourth-order valence-electron chi connectivity index (χ4n) is 1.35. The van der Waals surface area contributed by atoms with E-state index in [1.54, 1.807) is 19.2 Å². The number of ether oxygens (including phenoxy) is 1. The summed E-state index contributed by atoms with van der Waals surface area (Å²) in [6.45, 7) is 0. The van der Waals surface area contributed by atoms with Gasteiger partial charge in [0.15, 0.2) is 5.75 Å². The van der Waals surface area contributed by atoms with E-state index in [9.17, 15) is 0 Å². The van der Waals surface area contributed by atoms with Crippen LogP contribution in [0.3, 0.4) is 0 Å². The number of halogens is 1. The zero-order valence-electron chi connectivity index (χ0n) is 7.99. The van der Waals surface area contributed by atoms with Crippen LogP contribution in [0.4, 0.5) is 0 Å². The van der Waals surface area contributed by atoms with Crippen molar-refractivity contribution in [2.75, 3.05) is 7.11 Å². The van der Waals surface area contributed by atoms with E-state index < -0.39 is 0 Å². The van der Waals surface area contributed by atoms with Gasteiger partial charge in [-0.25, -0.2) is 4.98 Å². The van der Waals surface area contributed by atoms with Crippen molar-refractivity contribution in [3.63, 3.8) is 0 Å². The lowest BCUT2D eigenvalue weighted by Crippen LogP contribution is -1.89. The van der Waals surface area contributed by atoms with E-state index in [-0.39, 0.29) is 0 Å². The molecular weight excluding hydrogens is 256 g/mol. The lowest BCUT2D eigenvalue weighted by Gasteiger charge is -2.04. The smallest absolute Gasteiger partial charge is 0.152 e. The van der Waals surface area contributed by atoms with Crippen LogP contribution < -0.4 is 4.74 Å². The maximum Gasteiger partial charge on any atom is 0.152 e. The van der Waals surface area contributed by atoms with Gasteiger partial charge in [0.2, 0.25) is 0 Å². The van der Waals surface area contributed by atoms with Crippen LogP contribution in [-0.4, -0.2) is 12.1 Å². The van der Waals surface area contributed by atoms with Gasteiger partial charge in [-0.1, -0.05) is 0 Å². The Balaban J connectivity index is 2.72. The minimum Gasteiger partial charge on any atom is -0.494 e. The highest BCUT2D eigenvalue weighted by molar-refractivity contribution is 9.10. The standard InChI is InChI=1S/C11H7BrN2O/c1-15-10-5-8-4-7(6-13)2-3-9(8)14-11(10)12/h2-5H,1H3. The van der Waals surface area contributed by atoms with Crippen LogP contribution in [0.1, 0.15) is 5.56 Å². The second-order valence-electron chi connectivity index (χ2n) is 3.00. The SMILES string of the molecule is COc1cc2cc(C#N)ccc2nc1Br. The predicted molar refractivity (Wildman–Crippen MR) is 60.7 cm³/mol. The molecule has 0 N–H and O–H groups in total. The molecule has 0 aliphatic carbocycles. The minimum atomic E-state index is 0.619. The molecule has 3 nitrogen and oxygen atoms in total. The van der Waals surface area contributed by atoms with Crippen LogP contribution in [0.25, 0.3) is 10.9 Å². The first-order valence-electron chi connectivity index (χ1n) is 4.29. The molecule has 15 heavy (non-hydrogen) atoms. The van der Waals surface area contributed by atoms with Crippen LogP contribution in [0, 0.1) is 11.3 Å². The fraction of sp³-hybridized carbons (Fsp3) is 0.0909. The Bertz CT molecular complexity index is 560. The van der Waals surface area contributed by atoms with Crippen LogP contribution in [0.15, 0.2) is 28.9 Å². The van der Waals surface area contributed by atoms with E-state index in [0.717, 1.165) is 10.9 Å². The number of hydrogen-bond acceptors (Lipinski definition) is 3. The van der Waals surface area contributed by atoms with Crippen molar-refractivity contribution in [1.82, 2.24) is 4.98 Å². The molecule has 0 unspecified atom stereocenters. The monoisotopic (exact) mass is 262 g/mol. The van der Waals surface area contributed by atoms with E-state index in [1.165, 1.54) is 0 Å². The average Bonchev–Trinajstić information content (AvgIpc) is 2.27. The zero-order valence-corrected chi connectivity index (χ0v) is 9.58. The quantitative estimate of drug-likeness (QED) is 0.743. The Hall–Kier alpha value is -1.60. The summed E-state index contributed by atoms with van der Waals surface area (Å²) in [7, 11) is 1.59. The molecule has 1 aromatic carbocycles. The maximum absolute atomic E-state index is 8.77. The van der Waals surface area contributed by atoms with Gasteiger partial charge in [-0.3, -0.25) is 0 Å². The van der Waals surface area contributed by atoms with Gasteiger partial charge in [-0.15, -0.1) is 0 Å². The van der Waals surface area contributed by atoms with E-state index in [4.69, 9.17) is 10.00 Å². The summed E-state index contributed by atoms with van der Waals surface area (Å²) >= 11 is 3.31. The first kappa shape index (κ1) is 9.94. The van der Waals surface area contributed by atoms with E-state index in [0.29, 0.717) is 15.9 Å². The molecule has 4 heteroatoms. The van der Waals surface area contributed by atoms with Crippen molar-refractivity contribution < 1.29 is 4.74 Å². The molecule has 2 rings (SSSR count). The number of benzene rings is 1. The largest absolute Gasteiger partial charge is 0.494 e.